The maximum absolute atomic E-state index is 13.2. The van der Waals surface area contributed by atoms with Crippen molar-refractivity contribution in [2.45, 2.75) is 19.6 Å². The molecule has 19 heavy (non-hydrogen) atoms. The summed E-state index contributed by atoms with van der Waals surface area (Å²) in [6.07, 6.45) is 0.101. The van der Waals surface area contributed by atoms with Crippen molar-refractivity contribution >= 4 is 0 Å². The number of benzene rings is 2. The monoisotopic (exact) mass is 262 g/mol. The number of para-hydroxylation sites is 1. The highest BCUT2D eigenvalue weighted by molar-refractivity contribution is 5.32. The molecule has 2 aromatic rings. The summed E-state index contributed by atoms with van der Waals surface area (Å²) in [7, 11) is 0. The molecule has 3 nitrogen and oxygen atoms in total. The zero-order valence-corrected chi connectivity index (χ0v) is 10.5. The molecule has 0 spiro atoms. The predicted octanol–water partition coefficient (Wildman–Crippen LogP) is 3.73. The molecule has 1 atom stereocenters. The quantitative estimate of drug-likeness (QED) is 0.834. The molecule has 2 rings (SSSR count). The van der Waals surface area contributed by atoms with Gasteiger partial charge in [-0.15, -0.1) is 0 Å². The summed E-state index contributed by atoms with van der Waals surface area (Å²) in [5, 5.41) is 9.11. The topological polar surface area (TPSA) is 38.7 Å². The second-order valence-electron chi connectivity index (χ2n) is 4.00. The van der Waals surface area contributed by atoms with Crippen LogP contribution in [-0.4, -0.2) is 11.4 Å². The Morgan fingerprint density at radius 3 is 2.37 bits per heavy atom. The van der Waals surface area contributed by atoms with E-state index in [4.69, 9.17) is 14.6 Å². The van der Waals surface area contributed by atoms with Crippen LogP contribution >= 0.6 is 0 Å². The highest BCUT2D eigenvalue weighted by Gasteiger charge is 2.11. The first-order valence-corrected chi connectivity index (χ1v) is 6.06. The molecule has 0 saturated heterocycles. The maximum Gasteiger partial charge on any atom is 0.240 e. The Bertz CT molecular complexity index is 528. The van der Waals surface area contributed by atoms with Gasteiger partial charge in [0.2, 0.25) is 6.29 Å². The number of phenols is 1. The molecule has 0 aliphatic rings. The van der Waals surface area contributed by atoms with Gasteiger partial charge in [0.05, 0.1) is 0 Å². The predicted molar refractivity (Wildman–Crippen MR) is 69.8 cm³/mol. The normalized spacial score (nSPS) is 11.9. The number of ether oxygens (including phenoxy) is 2. The Morgan fingerprint density at radius 1 is 1.05 bits per heavy atom. The number of aromatic hydroxyl groups is 1. The smallest absolute Gasteiger partial charge is 0.240 e. The molecule has 0 radical (unpaired) electrons. The van der Waals surface area contributed by atoms with Crippen LogP contribution in [0.3, 0.4) is 0 Å². The summed E-state index contributed by atoms with van der Waals surface area (Å²) in [5.41, 5.74) is 0. The lowest BCUT2D eigenvalue weighted by molar-refractivity contribution is 0.00305. The van der Waals surface area contributed by atoms with Gasteiger partial charge in [-0.3, -0.25) is 0 Å². The molecule has 4 heteroatoms. The van der Waals surface area contributed by atoms with E-state index in [0.29, 0.717) is 17.9 Å². The van der Waals surface area contributed by atoms with E-state index in [1.165, 1.54) is 12.1 Å². The first-order valence-electron chi connectivity index (χ1n) is 6.06. The average Bonchev–Trinajstić information content (AvgIpc) is 2.43. The van der Waals surface area contributed by atoms with Crippen LogP contribution in [-0.2, 0) is 0 Å². The third kappa shape index (κ3) is 3.61. The largest absolute Gasteiger partial charge is 0.505 e. The van der Waals surface area contributed by atoms with Crippen LogP contribution in [0.5, 0.6) is 17.2 Å². The second kappa shape index (κ2) is 6.09. The standard InChI is InChI=1S/C15H15FO3/c1-2-15(18-11-6-4-3-5-7-11)19-12-8-9-14(17)13(16)10-12/h3-10,15,17H,2H2,1H3. The minimum absolute atomic E-state index is 0.318. The molecule has 0 amide bonds. The van der Waals surface area contributed by atoms with E-state index >= 15 is 0 Å². The van der Waals surface area contributed by atoms with Crippen LogP contribution in [0.15, 0.2) is 48.5 Å². The van der Waals surface area contributed by atoms with Crippen LogP contribution in [0, 0.1) is 5.82 Å². The molecule has 1 unspecified atom stereocenters. The Hall–Kier alpha value is -2.23. The van der Waals surface area contributed by atoms with Gasteiger partial charge in [-0.25, -0.2) is 4.39 Å². The van der Waals surface area contributed by atoms with Crippen LogP contribution < -0.4 is 9.47 Å². The van der Waals surface area contributed by atoms with Gasteiger partial charge in [-0.2, -0.15) is 0 Å². The molecule has 0 bridgehead atoms. The van der Waals surface area contributed by atoms with Gasteiger partial charge in [-0.1, -0.05) is 25.1 Å². The summed E-state index contributed by atoms with van der Waals surface area (Å²) < 4.78 is 24.4. The highest BCUT2D eigenvalue weighted by Crippen LogP contribution is 2.23. The summed E-state index contributed by atoms with van der Waals surface area (Å²) in [6.45, 7) is 1.91. The molecule has 0 aliphatic heterocycles. The average molecular weight is 262 g/mol. The Kier molecular flexibility index (Phi) is 4.23. The Morgan fingerprint density at radius 2 is 1.74 bits per heavy atom. The van der Waals surface area contributed by atoms with Gasteiger partial charge in [-0.05, 0) is 24.3 Å². The fraction of sp³-hybridized carbons (Fsp3) is 0.200. The molecule has 0 aromatic heterocycles. The van der Waals surface area contributed by atoms with Gasteiger partial charge in [0.25, 0.3) is 0 Å². The summed E-state index contributed by atoms with van der Waals surface area (Å²) in [5.74, 6) is -0.108. The minimum Gasteiger partial charge on any atom is -0.505 e. The van der Waals surface area contributed by atoms with Crippen LogP contribution in [0.2, 0.25) is 0 Å². The first-order chi connectivity index (χ1) is 9.19. The molecule has 100 valence electrons. The summed E-state index contributed by atoms with van der Waals surface area (Å²) in [4.78, 5) is 0. The van der Waals surface area contributed by atoms with Crippen molar-refractivity contribution in [1.29, 1.82) is 0 Å². The molecular formula is C15H15FO3. The van der Waals surface area contributed by atoms with Gasteiger partial charge in [0.15, 0.2) is 11.6 Å². The molecule has 0 fully saturated rings. The number of hydrogen-bond donors (Lipinski definition) is 1. The highest BCUT2D eigenvalue weighted by atomic mass is 19.1. The summed E-state index contributed by atoms with van der Waals surface area (Å²) in [6, 6.07) is 13.1. The maximum atomic E-state index is 13.2. The molecule has 0 aliphatic carbocycles. The van der Waals surface area contributed by atoms with Crippen molar-refractivity contribution in [3.05, 3.63) is 54.3 Å². The van der Waals surface area contributed by atoms with Crippen LogP contribution in [0.1, 0.15) is 13.3 Å². The van der Waals surface area contributed by atoms with E-state index in [2.05, 4.69) is 0 Å². The number of halogens is 1. The van der Waals surface area contributed by atoms with E-state index < -0.39 is 17.9 Å². The van der Waals surface area contributed by atoms with Gasteiger partial charge >= 0.3 is 0 Å². The van der Waals surface area contributed by atoms with E-state index in [-0.39, 0.29) is 0 Å². The molecule has 1 N–H and O–H groups in total. The zero-order chi connectivity index (χ0) is 13.7. The third-order valence-electron chi connectivity index (χ3n) is 2.53. The minimum atomic E-state index is -0.716. The van der Waals surface area contributed by atoms with E-state index in [0.717, 1.165) is 6.07 Å². The van der Waals surface area contributed by atoms with Crippen LogP contribution in [0.25, 0.3) is 0 Å². The van der Waals surface area contributed by atoms with Crippen molar-refractivity contribution in [3.63, 3.8) is 0 Å². The fourth-order valence-electron chi connectivity index (χ4n) is 1.55. The lowest BCUT2D eigenvalue weighted by Crippen LogP contribution is -2.22. The molecule has 0 saturated carbocycles. The van der Waals surface area contributed by atoms with Crippen molar-refractivity contribution in [1.82, 2.24) is 0 Å². The third-order valence-corrected chi connectivity index (χ3v) is 2.53. The molecule has 2 aromatic carbocycles. The van der Waals surface area contributed by atoms with Gasteiger partial charge in [0.1, 0.15) is 11.5 Å². The lowest BCUT2D eigenvalue weighted by atomic mass is 10.3. The van der Waals surface area contributed by atoms with E-state index in [9.17, 15) is 4.39 Å². The SMILES string of the molecule is CCC(Oc1ccccc1)Oc1ccc(O)c(F)c1. The molecule has 0 heterocycles. The van der Waals surface area contributed by atoms with Crippen molar-refractivity contribution < 1.29 is 19.0 Å². The van der Waals surface area contributed by atoms with E-state index in [1.54, 1.807) is 0 Å². The summed E-state index contributed by atoms with van der Waals surface area (Å²) >= 11 is 0. The number of rotatable bonds is 5. The van der Waals surface area contributed by atoms with Crippen molar-refractivity contribution in [2.75, 3.05) is 0 Å². The first kappa shape index (κ1) is 13.2. The van der Waals surface area contributed by atoms with E-state index in [1.807, 2.05) is 37.3 Å². The Labute approximate surface area is 111 Å². The van der Waals surface area contributed by atoms with Crippen LogP contribution in [0.4, 0.5) is 4.39 Å². The van der Waals surface area contributed by atoms with Crippen molar-refractivity contribution in [3.8, 4) is 17.2 Å². The fourth-order valence-corrected chi connectivity index (χ4v) is 1.55. The molecular weight excluding hydrogens is 247 g/mol. The number of phenolic OH excluding ortho intramolecular Hbond substituents is 1. The second-order valence-corrected chi connectivity index (χ2v) is 4.00. The number of hydrogen-bond acceptors (Lipinski definition) is 3. The zero-order valence-electron chi connectivity index (χ0n) is 10.5. The van der Waals surface area contributed by atoms with Crippen molar-refractivity contribution in [2.24, 2.45) is 0 Å². The van der Waals surface area contributed by atoms with Gasteiger partial charge in [0, 0.05) is 12.5 Å². The lowest BCUT2D eigenvalue weighted by Gasteiger charge is -2.19. The Balaban J connectivity index is 2.04. The van der Waals surface area contributed by atoms with Gasteiger partial charge < -0.3 is 14.6 Å².